The predicted octanol–water partition coefficient (Wildman–Crippen LogP) is 4.86. The maximum atomic E-state index is 4.89. The molecule has 2 nitrogen and oxygen atoms in total. The predicted molar refractivity (Wildman–Crippen MR) is 90.0 cm³/mol. The molecule has 3 heteroatoms. The van der Waals surface area contributed by atoms with E-state index < -0.39 is 0 Å². The zero-order valence-electron chi connectivity index (χ0n) is 13.0. The number of benzene rings is 1. The van der Waals surface area contributed by atoms with Crippen LogP contribution in [0.4, 0.5) is 0 Å². The molecule has 112 valence electrons. The Bertz CT molecular complexity index is 572. The Balaban J connectivity index is 1.85. The van der Waals surface area contributed by atoms with Crippen LogP contribution in [0, 0.1) is 0 Å². The summed E-state index contributed by atoms with van der Waals surface area (Å²) in [4.78, 5) is 4.89. The van der Waals surface area contributed by atoms with E-state index in [2.05, 4.69) is 61.8 Å². The van der Waals surface area contributed by atoms with Gasteiger partial charge in [0.2, 0.25) is 0 Å². The van der Waals surface area contributed by atoms with Crippen LogP contribution in [0.25, 0.3) is 0 Å². The lowest BCUT2D eigenvalue weighted by Gasteiger charge is -2.24. The topological polar surface area (TPSA) is 24.9 Å². The highest BCUT2D eigenvalue weighted by Gasteiger charge is 2.30. The van der Waals surface area contributed by atoms with Crippen molar-refractivity contribution in [3.63, 3.8) is 0 Å². The molecule has 1 aliphatic rings. The number of hydrogen-bond donors (Lipinski definition) is 1. The lowest BCUT2D eigenvalue weighted by Crippen LogP contribution is -2.27. The van der Waals surface area contributed by atoms with E-state index in [1.54, 1.807) is 11.3 Å². The number of hydrogen-bond acceptors (Lipinski definition) is 3. The van der Waals surface area contributed by atoms with Gasteiger partial charge in [-0.05, 0) is 24.3 Å². The van der Waals surface area contributed by atoms with E-state index in [9.17, 15) is 0 Å². The molecule has 1 N–H and O–H groups in total. The molecule has 1 aromatic carbocycles. The van der Waals surface area contributed by atoms with Crippen LogP contribution in [0.1, 0.15) is 67.8 Å². The van der Waals surface area contributed by atoms with Gasteiger partial charge in [-0.3, -0.25) is 0 Å². The molecule has 21 heavy (non-hydrogen) atoms. The average Bonchev–Trinajstić information content (AvgIpc) is 3.18. The monoisotopic (exact) mass is 300 g/mol. The minimum absolute atomic E-state index is 0.331. The number of aromatic nitrogens is 1. The van der Waals surface area contributed by atoms with Crippen molar-refractivity contribution in [1.82, 2.24) is 10.3 Å². The number of rotatable bonds is 6. The summed E-state index contributed by atoms with van der Waals surface area (Å²) in [5.74, 6) is 0.946. The van der Waals surface area contributed by atoms with Gasteiger partial charge in [-0.1, -0.05) is 51.1 Å². The first-order chi connectivity index (χ1) is 10.1. The quantitative estimate of drug-likeness (QED) is 0.823. The minimum atomic E-state index is 0.331. The van der Waals surface area contributed by atoms with Gasteiger partial charge in [0.05, 0.1) is 11.7 Å². The molecule has 2 aromatic rings. The highest BCUT2D eigenvalue weighted by atomic mass is 32.1. The molecule has 2 atom stereocenters. The summed E-state index contributed by atoms with van der Waals surface area (Å²) in [5, 5.41) is 7.27. The fourth-order valence-corrected chi connectivity index (χ4v) is 3.73. The summed E-state index contributed by atoms with van der Waals surface area (Å²) in [5.41, 5.74) is 2.61. The summed E-state index contributed by atoms with van der Waals surface area (Å²) in [6.07, 6.45) is 2.61. The van der Waals surface area contributed by atoms with Gasteiger partial charge >= 0.3 is 0 Å². The highest BCUT2D eigenvalue weighted by molar-refractivity contribution is 7.09. The zero-order valence-corrected chi connectivity index (χ0v) is 13.9. The van der Waals surface area contributed by atoms with Crippen molar-refractivity contribution in [2.45, 2.75) is 57.5 Å². The summed E-state index contributed by atoms with van der Waals surface area (Å²) >= 11 is 1.81. The van der Waals surface area contributed by atoms with Crippen LogP contribution in [-0.4, -0.2) is 11.0 Å². The van der Waals surface area contributed by atoms with Crippen molar-refractivity contribution in [2.75, 3.05) is 0 Å². The first-order valence-corrected chi connectivity index (χ1v) is 8.79. The van der Waals surface area contributed by atoms with Gasteiger partial charge in [-0.2, -0.15) is 0 Å². The van der Waals surface area contributed by atoms with Gasteiger partial charge in [-0.15, -0.1) is 11.3 Å². The normalized spacial score (nSPS) is 17.9. The molecular formula is C18H24N2S. The summed E-state index contributed by atoms with van der Waals surface area (Å²) in [6, 6.07) is 11.8. The molecule has 1 aromatic heterocycles. The molecule has 0 bridgehead atoms. The summed E-state index contributed by atoms with van der Waals surface area (Å²) in [6.45, 7) is 6.73. The van der Waals surface area contributed by atoms with Crippen LogP contribution >= 0.6 is 11.3 Å². The van der Waals surface area contributed by atoms with Gasteiger partial charge in [0, 0.05) is 17.3 Å². The Morgan fingerprint density at radius 1 is 1.14 bits per heavy atom. The zero-order chi connectivity index (χ0) is 14.8. The van der Waals surface area contributed by atoms with Crippen LogP contribution in [-0.2, 0) is 0 Å². The Kier molecular flexibility index (Phi) is 4.41. The van der Waals surface area contributed by atoms with E-state index in [0.29, 0.717) is 23.9 Å². The second kappa shape index (κ2) is 6.29. The molecule has 1 saturated carbocycles. The smallest absolute Gasteiger partial charge is 0.110 e. The third-order valence-electron chi connectivity index (χ3n) is 4.22. The molecule has 0 amide bonds. The first-order valence-electron chi connectivity index (χ1n) is 7.91. The van der Waals surface area contributed by atoms with Gasteiger partial charge < -0.3 is 5.32 Å². The van der Waals surface area contributed by atoms with Gasteiger partial charge in [0.1, 0.15) is 5.01 Å². The number of nitrogens with zero attached hydrogens (tertiary/aromatic N) is 1. The number of nitrogens with one attached hydrogen (secondary N) is 1. The lowest BCUT2D eigenvalue weighted by molar-refractivity contribution is 0.460. The molecule has 1 fully saturated rings. The van der Waals surface area contributed by atoms with Gasteiger partial charge in [0.15, 0.2) is 0 Å². The van der Waals surface area contributed by atoms with Gasteiger partial charge in [-0.25, -0.2) is 4.98 Å². The van der Waals surface area contributed by atoms with E-state index in [1.165, 1.54) is 29.1 Å². The maximum absolute atomic E-state index is 4.89. The molecule has 3 rings (SSSR count). The SMILES string of the molecule is CC(C)c1csc(C(NC2CC2)C(C)c2ccccc2)n1. The summed E-state index contributed by atoms with van der Waals surface area (Å²) in [7, 11) is 0. The Morgan fingerprint density at radius 2 is 1.86 bits per heavy atom. The van der Waals surface area contributed by atoms with Crippen LogP contribution in [0.5, 0.6) is 0 Å². The van der Waals surface area contributed by atoms with E-state index in [0.717, 1.165) is 0 Å². The maximum Gasteiger partial charge on any atom is 0.110 e. The van der Waals surface area contributed by atoms with E-state index in [-0.39, 0.29) is 0 Å². The Morgan fingerprint density at radius 3 is 2.43 bits per heavy atom. The van der Waals surface area contributed by atoms with Crippen LogP contribution < -0.4 is 5.32 Å². The van der Waals surface area contributed by atoms with Crippen molar-refractivity contribution in [3.8, 4) is 0 Å². The van der Waals surface area contributed by atoms with Gasteiger partial charge in [0.25, 0.3) is 0 Å². The lowest BCUT2D eigenvalue weighted by atomic mass is 9.93. The molecule has 2 unspecified atom stereocenters. The van der Waals surface area contributed by atoms with Crippen LogP contribution in [0.2, 0.25) is 0 Å². The number of thiazole rings is 1. The molecule has 0 spiro atoms. The first kappa shape index (κ1) is 14.7. The fraction of sp³-hybridized carbons (Fsp3) is 0.500. The van der Waals surface area contributed by atoms with E-state index in [4.69, 9.17) is 4.98 Å². The third-order valence-corrected chi connectivity index (χ3v) is 5.16. The largest absolute Gasteiger partial charge is 0.305 e. The van der Waals surface area contributed by atoms with Crippen LogP contribution in [0.15, 0.2) is 35.7 Å². The van der Waals surface area contributed by atoms with Crippen molar-refractivity contribution < 1.29 is 0 Å². The minimum Gasteiger partial charge on any atom is -0.305 e. The third kappa shape index (κ3) is 3.53. The molecule has 0 radical (unpaired) electrons. The van der Waals surface area contributed by atoms with Crippen molar-refractivity contribution in [1.29, 1.82) is 0 Å². The fourth-order valence-electron chi connectivity index (χ4n) is 2.59. The average molecular weight is 300 g/mol. The molecule has 1 aliphatic carbocycles. The molecular weight excluding hydrogens is 276 g/mol. The molecule has 0 aliphatic heterocycles. The van der Waals surface area contributed by atoms with Crippen molar-refractivity contribution >= 4 is 11.3 Å². The van der Waals surface area contributed by atoms with E-state index in [1.807, 2.05) is 0 Å². The van der Waals surface area contributed by atoms with Crippen LogP contribution in [0.3, 0.4) is 0 Å². The highest BCUT2D eigenvalue weighted by Crippen LogP contribution is 2.36. The van der Waals surface area contributed by atoms with Crippen molar-refractivity contribution in [3.05, 3.63) is 52.0 Å². The Hall–Kier alpha value is -1.19. The Labute approximate surface area is 131 Å². The second-order valence-corrected chi connectivity index (χ2v) is 7.27. The second-order valence-electron chi connectivity index (χ2n) is 6.38. The summed E-state index contributed by atoms with van der Waals surface area (Å²) < 4.78 is 0. The molecule has 1 heterocycles. The standard InChI is InChI=1S/C18H24N2S/c1-12(2)16-11-21-18(20-16)17(19-15-9-10-15)13(3)14-7-5-4-6-8-14/h4-8,11-13,15,17,19H,9-10H2,1-3H3. The van der Waals surface area contributed by atoms with Crippen molar-refractivity contribution in [2.24, 2.45) is 0 Å². The van der Waals surface area contributed by atoms with E-state index >= 15 is 0 Å². The molecule has 0 saturated heterocycles.